The molecule has 0 aliphatic carbocycles. The second-order valence-electron chi connectivity index (χ2n) is 7.06. The molecule has 1 unspecified atom stereocenters. The lowest BCUT2D eigenvalue weighted by atomic mass is 9.84. The molecule has 144 valence electrons. The summed E-state index contributed by atoms with van der Waals surface area (Å²) in [7, 11) is 0. The van der Waals surface area contributed by atoms with Gasteiger partial charge in [0.25, 0.3) is 5.91 Å². The molecule has 0 saturated carbocycles. The summed E-state index contributed by atoms with van der Waals surface area (Å²) in [5.74, 6) is -2.41. The van der Waals surface area contributed by atoms with E-state index in [0.29, 0.717) is 12.5 Å². The van der Waals surface area contributed by atoms with Crippen molar-refractivity contribution in [2.45, 2.75) is 25.1 Å². The minimum atomic E-state index is -5.11. The van der Waals surface area contributed by atoms with Gasteiger partial charge in [-0.2, -0.15) is 23.0 Å². The van der Waals surface area contributed by atoms with Crippen LogP contribution in [0.4, 0.5) is 18.9 Å². The Morgan fingerprint density at radius 3 is 2.52 bits per heavy atom. The molecule has 5 rings (SSSR count). The van der Waals surface area contributed by atoms with Crippen molar-refractivity contribution >= 4 is 28.4 Å². The Labute approximate surface area is 152 Å². The molecule has 1 amide bonds. The average molecular weight is 381 g/mol. The fourth-order valence-corrected chi connectivity index (χ4v) is 3.94. The van der Waals surface area contributed by atoms with Crippen LogP contribution in [0.3, 0.4) is 0 Å². The molecule has 3 aliphatic heterocycles. The molecule has 4 heterocycles. The number of hydrogen-bond acceptors (Lipinski definition) is 5. The molecule has 3 N–H and O–H groups in total. The van der Waals surface area contributed by atoms with Gasteiger partial charge in [0.2, 0.25) is 0 Å². The number of carbonyl (C=O) groups is 2. The van der Waals surface area contributed by atoms with Gasteiger partial charge in [0.05, 0.1) is 5.52 Å². The maximum Gasteiger partial charge on any atom is 0.473 e. The first-order valence-electron chi connectivity index (χ1n) is 8.67. The van der Waals surface area contributed by atoms with Crippen LogP contribution < -0.4 is 11.1 Å². The van der Waals surface area contributed by atoms with Crippen molar-refractivity contribution in [3.63, 3.8) is 0 Å². The van der Waals surface area contributed by atoms with Gasteiger partial charge in [0.1, 0.15) is 0 Å². The summed E-state index contributed by atoms with van der Waals surface area (Å²) in [6.45, 7) is 2.69. The maximum atomic E-state index is 12.9. The van der Waals surface area contributed by atoms with Crippen molar-refractivity contribution in [3.05, 3.63) is 23.9 Å². The highest BCUT2D eigenvalue weighted by Crippen LogP contribution is 2.29. The number of hydrogen-bond donors (Lipinski definition) is 2. The zero-order valence-electron chi connectivity index (χ0n) is 14.3. The monoisotopic (exact) mass is 381 g/mol. The number of amides is 1. The highest BCUT2D eigenvalue weighted by Gasteiger charge is 2.42. The van der Waals surface area contributed by atoms with Gasteiger partial charge >= 0.3 is 12.1 Å². The number of benzene rings is 1. The number of anilines is 1. The summed E-state index contributed by atoms with van der Waals surface area (Å²) in [6, 6.07) is 3.89. The number of rotatable bonds is 2. The Morgan fingerprint density at radius 1 is 1.22 bits per heavy atom. The van der Waals surface area contributed by atoms with E-state index in [1.807, 2.05) is 0 Å². The summed E-state index contributed by atoms with van der Waals surface area (Å²) in [5, 5.41) is 6.69. The van der Waals surface area contributed by atoms with Crippen LogP contribution in [0.2, 0.25) is 0 Å². The van der Waals surface area contributed by atoms with Crippen molar-refractivity contribution in [1.29, 1.82) is 0 Å². The number of nitrogens with zero attached hydrogens (tertiary/aromatic N) is 3. The smallest absolute Gasteiger partial charge is 0.399 e. The van der Waals surface area contributed by atoms with E-state index in [1.165, 1.54) is 18.2 Å². The van der Waals surface area contributed by atoms with Crippen LogP contribution in [0.15, 0.2) is 18.2 Å². The van der Waals surface area contributed by atoms with Gasteiger partial charge < -0.3 is 16.0 Å². The van der Waals surface area contributed by atoms with E-state index in [2.05, 4.69) is 15.3 Å². The van der Waals surface area contributed by atoms with Crippen molar-refractivity contribution in [3.8, 4) is 0 Å². The number of carbonyl (C=O) groups excluding carboxylic acids is 2. The Hall–Kier alpha value is -2.62. The van der Waals surface area contributed by atoms with Gasteiger partial charge in [-0.05, 0) is 50.0 Å². The van der Waals surface area contributed by atoms with Crippen LogP contribution in [-0.2, 0) is 0 Å². The van der Waals surface area contributed by atoms with Crippen molar-refractivity contribution < 1.29 is 22.8 Å². The van der Waals surface area contributed by atoms with E-state index >= 15 is 0 Å². The number of alkyl halides is 3. The first kappa shape index (κ1) is 17.8. The molecule has 7 nitrogen and oxygen atoms in total. The first-order chi connectivity index (χ1) is 12.7. The Bertz CT molecular complexity index is 915. The van der Waals surface area contributed by atoms with E-state index < -0.39 is 18.0 Å². The first-order valence-corrected chi connectivity index (χ1v) is 8.67. The van der Waals surface area contributed by atoms with Gasteiger partial charge in [-0.25, -0.2) is 0 Å². The van der Waals surface area contributed by atoms with Crippen molar-refractivity contribution in [2.75, 3.05) is 25.4 Å². The SMILES string of the molecule is Nc1ccc2c(c1)c(C(=O)NC1CN3CCC1CC3)nn2C(=O)C(F)(F)F. The molecule has 10 heteroatoms. The van der Waals surface area contributed by atoms with E-state index in [9.17, 15) is 22.8 Å². The normalized spacial score (nSPS) is 24.9. The number of piperidine rings is 3. The number of fused-ring (bicyclic) bond motifs is 4. The predicted octanol–water partition coefficient (Wildman–Crippen LogP) is 1.65. The largest absolute Gasteiger partial charge is 0.473 e. The number of nitrogens with one attached hydrogen (secondary N) is 1. The highest BCUT2D eigenvalue weighted by atomic mass is 19.4. The minimum Gasteiger partial charge on any atom is -0.399 e. The molecule has 1 aromatic carbocycles. The van der Waals surface area contributed by atoms with Gasteiger partial charge in [-0.15, -0.1) is 0 Å². The molecule has 2 aromatic rings. The van der Waals surface area contributed by atoms with Gasteiger partial charge in [0, 0.05) is 23.7 Å². The van der Waals surface area contributed by atoms with Crippen LogP contribution in [0.25, 0.3) is 10.9 Å². The molecule has 3 saturated heterocycles. The maximum absolute atomic E-state index is 12.9. The lowest BCUT2D eigenvalue weighted by molar-refractivity contribution is -0.0952. The molecule has 3 fully saturated rings. The molecule has 1 aromatic heterocycles. The lowest BCUT2D eigenvalue weighted by Crippen LogP contribution is -2.57. The molecule has 27 heavy (non-hydrogen) atoms. The summed E-state index contributed by atoms with van der Waals surface area (Å²) in [5.41, 5.74) is 5.64. The van der Waals surface area contributed by atoms with E-state index in [4.69, 9.17) is 5.73 Å². The van der Waals surface area contributed by atoms with Crippen LogP contribution in [-0.4, -0.2) is 58.3 Å². The molecule has 0 spiro atoms. The van der Waals surface area contributed by atoms with E-state index in [-0.39, 0.29) is 33.0 Å². The Kier molecular flexibility index (Phi) is 4.10. The van der Waals surface area contributed by atoms with Crippen LogP contribution >= 0.6 is 0 Å². The molecule has 0 radical (unpaired) electrons. The summed E-state index contributed by atoms with van der Waals surface area (Å²) < 4.78 is 38.9. The zero-order chi connectivity index (χ0) is 19.3. The number of nitrogen functional groups attached to an aromatic ring is 1. The van der Waals surface area contributed by atoms with Crippen molar-refractivity contribution in [1.82, 2.24) is 20.0 Å². The average Bonchev–Trinajstić information content (AvgIpc) is 2.99. The topological polar surface area (TPSA) is 93.2 Å². The Balaban J connectivity index is 1.69. The molecular formula is C17H18F3N5O2. The second kappa shape index (κ2) is 6.22. The third-order valence-electron chi connectivity index (χ3n) is 5.33. The van der Waals surface area contributed by atoms with Gasteiger partial charge in [-0.1, -0.05) is 0 Å². The molecule has 2 bridgehead atoms. The zero-order valence-corrected chi connectivity index (χ0v) is 14.3. The van der Waals surface area contributed by atoms with Gasteiger partial charge in [-0.3, -0.25) is 9.59 Å². The van der Waals surface area contributed by atoms with E-state index in [0.717, 1.165) is 25.9 Å². The molecular weight excluding hydrogens is 363 g/mol. The molecule has 3 aliphatic rings. The van der Waals surface area contributed by atoms with Gasteiger partial charge in [0.15, 0.2) is 5.69 Å². The number of halogens is 3. The third kappa shape index (κ3) is 3.14. The van der Waals surface area contributed by atoms with Crippen LogP contribution in [0.1, 0.15) is 28.1 Å². The summed E-state index contributed by atoms with van der Waals surface area (Å²) >= 11 is 0. The second-order valence-corrected chi connectivity index (χ2v) is 7.06. The minimum absolute atomic E-state index is 0.0837. The molecule has 1 atom stereocenters. The quantitative estimate of drug-likeness (QED) is 0.772. The third-order valence-corrected chi connectivity index (χ3v) is 5.33. The summed E-state index contributed by atoms with van der Waals surface area (Å²) in [4.78, 5) is 26.7. The number of aromatic nitrogens is 2. The van der Waals surface area contributed by atoms with Crippen molar-refractivity contribution in [2.24, 2.45) is 5.92 Å². The lowest BCUT2D eigenvalue weighted by Gasteiger charge is -2.44. The van der Waals surface area contributed by atoms with Crippen LogP contribution in [0, 0.1) is 5.92 Å². The fraction of sp³-hybridized carbons (Fsp3) is 0.471. The highest BCUT2D eigenvalue weighted by molar-refractivity contribution is 6.08. The summed E-state index contributed by atoms with van der Waals surface area (Å²) in [6.07, 6.45) is -3.16. The van der Waals surface area contributed by atoms with E-state index in [1.54, 1.807) is 0 Å². The predicted molar refractivity (Wildman–Crippen MR) is 91.2 cm³/mol. The fourth-order valence-electron chi connectivity index (χ4n) is 3.94. The standard InChI is InChI=1S/C17H18F3N5O2/c18-17(19,20)16(27)25-13-2-1-10(21)7-11(13)14(23-25)15(26)22-12-8-24-5-3-9(12)4-6-24/h1-2,7,9,12H,3-6,8,21H2,(H,22,26). The van der Waals surface area contributed by atoms with Crippen LogP contribution in [0.5, 0.6) is 0 Å². The Morgan fingerprint density at radius 2 is 1.93 bits per heavy atom. The number of nitrogens with two attached hydrogens (primary N) is 1.